The molecule has 1 aromatic carbocycles. The predicted molar refractivity (Wildman–Crippen MR) is 67.1 cm³/mol. The first-order valence-corrected chi connectivity index (χ1v) is 6.53. The molecule has 0 atom stereocenters. The smallest absolute Gasteiger partial charge is 0.168 e. The molecule has 0 amide bonds. The molecule has 94 valence electrons. The lowest BCUT2D eigenvalue weighted by molar-refractivity contribution is 0.0971. The molecule has 0 unspecified atom stereocenters. The Bertz CT molecular complexity index is 381. The highest BCUT2D eigenvalue weighted by atomic mass is 79.9. The lowest BCUT2D eigenvalue weighted by Crippen LogP contribution is -2.06. The second-order valence-corrected chi connectivity index (χ2v) is 4.89. The van der Waals surface area contributed by atoms with Crippen LogP contribution in [-0.4, -0.2) is 5.78 Å². The van der Waals surface area contributed by atoms with Crippen LogP contribution in [0.25, 0.3) is 0 Å². The number of ketones is 1. The second-order valence-electron chi connectivity index (χ2n) is 3.98. The molecule has 0 aliphatic heterocycles. The summed E-state index contributed by atoms with van der Waals surface area (Å²) in [6.07, 6.45) is 3.91. The van der Waals surface area contributed by atoms with Crippen molar-refractivity contribution in [1.82, 2.24) is 0 Å². The Labute approximate surface area is 108 Å². The molecule has 0 saturated carbocycles. The topological polar surface area (TPSA) is 17.1 Å². The van der Waals surface area contributed by atoms with Crippen molar-refractivity contribution < 1.29 is 13.6 Å². The molecule has 0 spiro atoms. The Hall–Kier alpha value is -0.770. The van der Waals surface area contributed by atoms with Crippen molar-refractivity contribution in [2.75, 3.05) is 0 Å². The Morgan fingerprint density at radius 3 is 2.29 bits per heavy atom. The average Bonchev–Trinajstić information content (AvgIpc) is 2.23. The number of hydrogen-bond donors (Lipinski definition) is 0. The molecule has 0 aliphatic carbocycles. The van der Waals surface area contributed by atoms with Gasteiger partial charge in [0.25, 0.3) is 0 Å². The van der Waals surface area contributed by atoms with Crippen LogP contribution >= 0.6 is 15.9 Å². The van der Waals surface area contributed by atoms with E-state index in [2.05, 4.69) is 22.9 Å². The van der Waals surface area contributed by atoms with Crippen molar-refractivity contribution in [2.24, 2.45) is 0 Å². The van der Waals surface area contributed by atoms with Gasteiger partial charge in [0, 0.05) is 10.9 Å². The Balaban J connectivity index is 2.69. The van der Waals surface area contributed by atoms with Gasteiger partial charge in [-0.15, -0.1) is 0 Å². The van der Waals surface area contributed by atoms with Crippen molar-refractivity contribution in [1.29, 1.82) is 0 Å². The quantitative estimate of drug-likeness (QED) is 0.541. The van der Waals surface area contributed by atoms with E-state index < -0.39 is 23.0 Å². The van der Waals surface area contributed by atoms with Gasteiger partial charge in [0.05, 0.1) is 5.56 Å². The van der Waals surface area contributed by atoms with Gasteiger partial charge in [-0.2, -0.15) is 0 Å². The molecule has 1 rings (SSSR count). The summed E-state index contributed by atoms with van der Waals surface area (Å²) in [5, 5.41) is 0. The third kappa shape index (κ3) is 4.19. The van der Waals surface area contributed by atoms with Gasteiger partial charge in [-0.1, -0.05) is 42.1 Å². The van der Waals surface area contributed by atoms with E-state index >= 15 is 0 Å². The number of carbonyl (C=O) groups excluding carboxylic acids is 1. The third-order valence-corrected chi connectivity index (χ3v) is 3.00. The number of rotatable bonds is 6. The first-order valence-electron chi connectivity index (χ1n) is 5.74. The maximum absolute atomic E-state index is 13.4. The summed E-state index contributed by atoms with van der Waals surface area (Å²) in [5.74, 6) is -2.04. The lowest BCUT2D eigenvalue weighted by Gasteiger charge is -2.05. The van der Waals surface area contributed by atoms with Crippen LogP contribution < -0.4 is 0 Å². The van der Waals surface area contributed by atoms with Crippen LogP contribution in [-0.2, 0) is 0 Å². The zero-order valence-corrected chi connectivity index (χ0v) is 11.3. The molecule has 0 aromatic heterocycles. The first kappa shape index (κ1) is 14.3. The number of hydrogen-bond acceptors (Lipinski definition) is 1. The molecule has 0 N–H and O–H groups in total. The maximum atomic E-state index is 13.4. The SMILES string of the molecule is CCCCCCC(=O)c1c(F)cc(Br)cc1F. The summed E-state index contributed by atoms with van der Waals surface area (Å²) in [4.78, 5) is 11.7. The summed E-state index contributed by atoms with van der Waals surface area (Å²) in [6, 6.07) is 2.23. The lowest BCUT2D eigenvalue weighted by atomic mass is 10.0. The highest BCUT2D eigenvalue weighted by Gasteiger charge is 2.17. The molecule has 0 fully saturated rings. The van der Waals surface area contributed by atoms with E-state index in [9.17, 15) is 13.6 Å². The number of carbonyl (C=O) groups is 1. The van der Waals surface area contributed by atoms with E-state index in [0.29, 0.717) is 10.9 Å². The second kappa shape index (κ2) is 6.84. The number of unbranched alkanes of at least 4 members (excludes halogenated alkanes) is 3. The predicted octanol–water partition coefficient (Wildman–Crippen LogP) is 4.88. The standard InChI is InChI=1S/C13H15BrF2O/c1-2-3-4-5-6-12(17)13-10(15)7-9(14)8-11(13)16/h7-8H,2-6H2,1H3. The monoisotopic (exact) mass is 304 g/mol. The zero-order chi connectivity index (χ0) is 12.8. The molecule has 1 aromatic rings. The molecule has 0 bridgehead atoms. The molecule has 17 heavy (non-hydrogen) atoms. The fraction of sp³-hybridized carbons (Fsp3) is 0.462. The molecular weight excluding hydrogens is 290 g/mol. The van der Waals surface area contributed by atoms with Gasteiger partial charge in [0.2, 0.25) is 0 Å². The molecule has 0 saturated heterocycles. The first-order chi connectivity index (χ1) is 8.06. The maximum Gasteiger partial charge on any atom is 0.168 e. The summed E-state index contributed by atoms with van der Waals surface area (Å²) >= 11 is 2.98. The van der Waals surface area contributed by atoms with Crippen LogP contribution in [0.3, 0.4) is 0 Å². The van der Waals surface area contributed by atoms with Gasteiger partial charge in [0.15, 0.2) is 5.78 Å². The normalized spacial score (nSPS) is 10.6. The van der Waals surface area contributed by atoms with Crippen molar-refractivity contribution >= 4 is 21.7 Å². The summed E-state index contributed by atoms with van der Waals surface area (Å²) in [5.41, 5.74) is -0.412. The van der Waals surface area contributed by atoms with E-state index in [1.807, 2.05) is 0 Å². The van der Waals surface area contributed by atoms with Gasteiger partial charge < -0.3 is 0 Å². The highest BCUT2D eigenvalue weighted by Crippen LogP contribution is 2.21. The number of benzene rings is 1. The van der Waals surface area contributed by atoms with E-state index in [0.717, 1.165) is 31.4 Å². The zero-order valence-electron chi connectivity index (χ0n) is 9.73. The van der Waals surface area contributed by atoms with Crippen molar-refractivity contribution in [3.05, 3.63) is 33.8 Å². The van der Waals surface area contributed by atoms with Crippen LogP contribution in [0.2, 0.25) is 0 Å². The molecule has 1 nitrogen and oxygen atoms in total. The molecule has 0 aliphatic rings. The van der Waals surface area contributed by atoms with E-state index in [4.69, 9.17) is 0 Å². The van der Waals surface area contributed by atoms with E-state index in [1.54, 1.807) is 0 Å². The number of halogens is 3. The largest absolute Gasteiger partial charge is 0.294 e. The highest BCUT2D eigenvalue weighted by molar-refractivity contribution is 9.10. The van der Waals surface area contributed by atoms with Gasteiger partial charge in [-0.25, -0.2) is 8.78 Å². The molecular formula is C13H15BrF2O. The molecule has 0 radical (unpaired) electrons. The van der Waals surface area contributed by atoms with Crippen LogP contribution in [0.4, 0.5) is 8.78 Å². The van der Waals surface area contributed by atoms with E-state index in [-0.39, 0.29) is 6.42 Å². The van der Waals surface area contributed by atoms with Crippen molar-refractivity contribution in [3.63, 3.8) is 0 Å². The number of Topliss-reactive ketones (excluding diaryl/α,β-unsaturated/α-hetero) is 1. The van der Waals surface area contributed by atoms with Crippen LogP contribution in [0.5, 0.6) is 0 Å². The summed E-state index contributed by atoms with van der Waals surface area (Å²) in [6.45, 7) is 2.07. The minimum Gasteiger partial charge on any atom is -0.294 e. The van der Waals surface area contributed by atoms with E-state index in [1.165, 1.54) is 0 Å². The van der Waals surface area contributed by atoms with Gasteiger partial charge in [-0.05, 0) is 18.6 Å². The Morgan fingerprint density at radius 2 is 1.76 bits per heavy atom. The summed E-state index contributed by atoms with van der Waals surface area (Å²) < 4.78 is 27.2. The summed E-state index contributed by atoms with van der Waals surface area (Å²) in [7, 11) is 0. The minimum absolute atomic E-state index is 0.204. The minimum atomic E-state index is -0.794. The Kier molecular flexibility index (Phi) is 5.75. The van der Waals surface area contributed by atoms with Crippen molar-refractivity contribution in [2.45, 2.75) is 39.0 Å². The van der Waals surface area contributed by atoms with Gasteiger partial charge in [-0.3, -0.25) is 4.79 Å². The molecule has 0 heterocycles. The fourth-order valence-electron chi connectivity index (χ4n) is 1.65. The Morgan fingerprint density at radius 1 is 1.18 bits per heavy atom. The average molecular weight is 305 g/mol. The van der Waals surface area contributed by atoms with Crippen LogP contribution in [0.1, 0.15) is 49.4 Å². The van der Waals surface area contributed by atoms with Gasteiger partial charge in [0.1, 0.15) is 11.6 Å². The van der Waals surface area contributed by atoms with Gasteiger partial charge >= 0.3 is 0 Å². The fourth-order valence-corrected chi connectivity index (χ4v) is 2.05. The molecule has 4 heteroatoms. The van der Waals surface area contributed by atoms with Crippen molar-refractivity contribution in [3.8, 4) is 0 Å². The van der Waals surface area contributed by atoms with Crippen LogP contribution in [0.15, 0.2) is 16.6 Å². The van der Waals surface area contributed by atoms with Crippen LogP contribution in [0, 0.1) is 11.6 Å². The third-order valence-electron chi connectivity index (χ3n) is 2.54.